The molecule has 0 aliphatic carbocycles. The number of hydrogen-bond donors (Lipinski definition) is 1. The second kappa shape index (κ2) is 6.61. The van der Waals surface area contributed by atoms with Crippen molar-refractivity contribution in [2.45, 2.75) is 19.3 Å². The highest BCUT2D eigenvalue weighted by Crippen LogP contribution is 2.15. The topological polar surface area (TPSA) is 29.1 Å². The van der Waals surface area contributed by atoms with E-state index in [2.05, 4.69) is 11.2 Å². The third-order valence-corrected chi connectivity index (χ3v) is 3.05. The zero-order valence-electron chi connectivity index (χ0n) is 10.9. The van der Waals surface area contributed by atoms with Crippen LogP contribution >= 0.6 is 0 Å². The van der Waals surface area contributed by atoms with E-state index >= 15 is 0 Å². The predicted molar refractivity (Wildman–Crippen MR) is 79.0 cm³/mol. The van der Waals surface area contributed by atoms with Gasteiger partial charge in [0, 0.05) is 18.5 Å². The maximum atomic E-state index is 12.0. The Hall–Kier alpha value is -2.27. The molecule has 1 amide bonds. The largest absolute Gasteiger partial charge is 0.352 e. The minimum atomic E-state index is -0.0218. The van der Waals surface area contributed by atoms with Gasteiger partial charge in [-0.15, -0.1) is 12.3 Å². The molecule has 2 rings (SSSR count). The molecule has 0 unspecified atom stereocenters. The lowest BCUT2D eigenvalue weighted by Crippen LogP contribution is -2.24. The number of rotatable bonds is 5. The first-order chi connectivity index (χ1) is 9.31. The van der Waals surface area contributed by atoms with Crippen molar-refractivity contribution in [2.24, 2.45) is 0 Å². The monoisotopic (exact) mass is 251 g/mol. The summed E-state index contributed by atoms with van der Waals surface area (Å²) < 4.78 is 0. The van der Waals surface area contributed by atoms with Gasteiger partial charge in [0.05, 0.1) is 0 Å². The normalized spacial score (nSPS) is 10.1. The molecule has 0 atom stereocenters. The fourth-order valence-electron chi connectivity index (χ4n) is 1.99. The van der Waals surface area contributed by atoms with Crippen LogP contribution < -0.4 is 5.32 Å². The molecular formula is C17H17NO. The number of carbonyl (C=O) groups excluding carboxylic acids is 1. The quantitative estimate of drug-likeness (QED) is 0.640. The molecule has 0 radical (unpaired) electrons. The van der Waals surface area contributed by atoms with Gasteiger partial charge in [0.25, 0.3) is 5.91 Å². The van der Waals surface area contributed by atoms with E-state index < -0.39 is 0 Å². The number of terminal acetylenes is 1. The second-order valence-electron chi connectivity index (χ2n) is 4.48. The second-order valence-corrected chi connectivity index (χ2v) is 4.48. The summed E-state index contributed by atoms with van der Waals surface area (Å²) in [6.07, 6.45) is 7.82. The van der Waals surface area contributed by atoms with E-state index in [4.69, 9.17) is 6.42 Å². The van der Waals surface area contributed by atoms with Crippen LogP contribution in [0.25, 0.3) is 10.8 Å². The van der Waals surface area contributed by atoms with E-state index in [0.29, 0.717) is 12.1 Å². The number of carbonyl (C=O) groups is 1. The Morgan fingerprint density at radius 1 is 1.11 bits per heavy atom. The molecule has 0 saturated carbocycles. The van der Waals surface area contributed by atoms with Crippen molar-refractivity contribution in [3.05, 3.63) is 48.0 Å². The van der Waals surface area contributed by atoms with E-state index in [0.717, 1.165) is 30.0 Å². The Morgan fingerprint density at radius 2 is 1.89 bits per heavy atom. The fourth-order valence-corrected chi connectivity index (χ4v) is 1.99. The Bertz CT molecular complexity index is 610. The summed E-state index contributed by atoms with van der Waals surface area (Å²) in [6.45, 7) is 0.674. The van der Waals surface area contributed by atoms with Gasteiger partial charge in [0.15, 0.2) is 0 Å². The third kappa shape index (κ3) is 3.59. The van der Waals surface area contributed by atoms with E-state index in [1.807, 2.05) is 42.5 Å². The van der Waals surface area contributed by atoms with E-state index in [-0.39, 0.29) is 5.91 Å². The highest BCUT2D eigenvalue weighted by atomic mass is 16.1. The first-order valence-electron chi connectivity index (χ1n) is 6.52. The van der Waals surface area contributed by atoms with E-state index in [9.17, 15) is 4.79 Å². The first kappa shape index (κ1) is 13.2. The van der Waals surface area contributed by atoms with Gasteiger partial charge in [-0.1, -0.05) is 30.3 Å². The molecule has 0 aliphatic rings. The predicted octanol–water partition coefficient (Wildman–Crippen LogP) is 3.37. The van der Waals surface area contributed by atoms with Crippen molar-refractivity contribution < 1.29 is 4.79 Å². The number of benzene rings is 2. The maximum Gasteiger partial charge on any atom is 0.251 e. The molecule has 19 heavy (non-hydrogen) atoms. The van der Waals surface area contributed by atoms with Crippen molar-refractivity contribution in [2.75, 3.05) is 6.54 Å². The van der Waals surface area contributed by atoms with Crippen LogP contribution in [0.15, 0.2) is 42.5 Å². The molecule has 0 bridgehead atoms. The Kier molecular flexibility index (Phi) is 4.58. The number of nitrogens with one attached hydrogen (secondary N) is 1. The van der Waals surface area contributed by atoms with Crippen LogP contribution in [0.4, 0.5) is 0 Å². The summed E-state index contributed by atoms with van der Waals surface area (Å²) in [5, 5.41) is 5.15. The Morgan fingerprint density at radius 3 is 2.68 bits per heavy atom. The van der Waals surface area contributed by atoms with Gasteiger partial charge in [-0.25, -0.2) is 0 Å². The molecule has 0 fully saturated rings. The summed E-state index contributed by atoms with van der Waals surface area (Å²) in [5.41, 5.74) is 0.704. The molecule has 2 aromatic rings. The molecule has 1 N–H and O–H groups in total. The zero-order valence-corrected chi connectivity index (χ0v) is 10.9. The van der Waals surface area contributed by atoms with Gasteiger partial charge in [-0.3, -0.25) is 4.79 Å². The average molecular weight is 251 g/mol. The molecule has 0 spiro atoms. The first-order valence-corrected chi connectivity index (χ1v) is 6.52. The van der Waals surface area contributed by atoms with Gasteiger partial charge < -0.3 is 5.32 Å². The van der Waals surface area contributed by atoms with E-state index in [1.54, 1.807) is 0 Å². The highest BCUT2D eigenvalue weighted by molar-refractivity contribution is 5.98. The van der Waals surface area contributed by atoms with Crippen LogP contribution in [-0.2, 0) is 0 Å². The molecule has 0 saturated heterocycles. The van der Waals surface area contributed by atoms with Gasteiger partial charge >= 0.3 is 0 Å². The zero-order chi connectivity index (χ0) is 13.5. The van der Waals surface area contributed by atoms with Crippen LogP contribution in [-0.4, -0.2) is 12.5 Å². The lowest BCUT2D eigenvalue weighted by atomic mass is 10.1. The molecule has 0 aliphatic heterocycles. The maximum absolute atomic E-state index is 12.0. The third-order valence-electron chi connectivity index (χ3n) is 3.05. The summed E-state index contributed by atoms with van der Waals surface area (Å²) in [4.78, 5) is 12.0. The van der Waals surface area contributed by atoms with Gasteiger partial charge in [-0.2, -0.15) is 0 Å². The molecule has 0 heterocycles. The molecule has 2 aromatic carbocycles. The number of fused-ring (bicyclic) bond motifs is 1. The van der Waals surface area contributed by atoms with Crippen LogP contribution in [0.5, 0.6) is 0 Å². The summed E-state index contributed by atoms with van der Waals surface area (Å²) in [5.74, 6) is 2.57. The van der Waals surface area contributed by atoms with Gasteiger partial charge in [0.2, 0.25) is 0 Å². The van der Waals surface area contributed by atoms with Gasteiger partial charge in [0.1, 0.15) is 0 Å². The van der Waals surface area contributed by atoms with Crippen LogP contribution in [0.2, 0.25) is 0 Å². The minimum absolute atomic E-state index is 0.0218. The smallest absolute Gasteiger partial charge is 0.251 e. The van der Waals surface area contributed by atoms with Crippen molar-refractivity contribution in [1.82, 2.24) is 5.32 Å². The average Bonchev–Trinajstić information content (AvgIpc) is 2.46. The number of amides is 1. The molecule has 2 nitrogen and oxygen atoms in total. The highest BCUT2D eigenvalue weighted by Gasteiger charge is 2.05. The lowest BCUT2D eigenvalue weighted by molar-refractivity contribution is 0.0953. The molecule has 96 valence electrons. The minimum Gasteiger partial charge on any atom is -0.352 e. The van der Waals surface area contributed by atoms with Crippen LogP contribution in [0.1, 0.15) is 29.6 Å². The molecule has 2 heteroatoms. The Labute approximate surface area is 113 Å². The van der Waals surface area contributed by atoms with E-state index in [1.165, 1.54) is 0 Å². The SMILES string of the molecule is C#CCCCCNC(=O)c1ccc2ccccc2c1. The summed E-state index contributed by atoms with van der Waals surface area (Å²) in [7, 11) is 0. The van der Waals surface area contributed by atoms with Crippen molar-refractivity contribution in [3.63, 3.8) is 0 Å². The number of unbranched alkanes of at least 4 members (excludes halogenated alkanes) is 2. The fraction of sp³-hybridized carbons (Fsp3) is 0.235. The molecular weight excluding hydrogens is 234 g/mol. The van der Waals surface area contributed by atoms with Crippen molar-refractivity contribution in [1.29, 1.82) is 0 Å². The van der Waals surface area contributed by atoms with Crippen LogP contribution in [0.3, 0.4) is 0 Å². The number of hydrogen-bond acceptors (Lipinski definition) is 1. The lowest BCUT2D eigenvalue weighted by Gasteiger charge is -2.05. The Balaban J connectivity index is 1.96. The van der Waals surface area contributed by atoms with Crippen molar-refractivity contribution in [3.8, 4) is 12.3 Å². The van der Waals surface area contributed by atoms with Crippen LogP contribution in [0, 0.1) is 12.3 Å². The summed E-state index contributed by atoms with van der Waals surface area (Å²) in [6, 6.07) is 13.8. The summed E-state index contributed by atoms with van der Waals surface area (Å²) >= 11 is 0. The van der Waals surface area contributed by atoms with Gasteiger partial charge in [-0.05, 0) is 35.7 Å². The molecule has 0 aromatic heterocycles. The van der Waals surface area contributed by atoms with Crippen molar-refractivity contribution >= 4 is 16.7 Å². The standard InChI is InChI=1S/C17H17NO/c1-2-3-4-7-12-18-17(19)16-11-10-14-8-5-6-9-15(14)13-16/h1,5-6,8-11,13H,3-4,7,12H2,(H,18,19).